The van der Waals surface area contributed by atoms with Gasteiger partial charge >= 0.3 is 0 Å². The molecular weight excluding hydrogens is 314 g/mol. The normalized spacial score (nSPS) is 16.5. The number of hydrogen-bond donors (Lipinski definition) is 1. The fourth-order valence-corrected chi connectivity index (χ4v) is 3.28. The van der Waals surface area contributed by atoms with E-state index in [1.54, 1.807) is 0 Å². The molecule has 1 N–H and O–H groups in total. The van der Waals surface area contributed by atoms with Crippen molar-refractivity contribution in [2.75, 3.05) is 13.1 Å². The molecule has 1 aliphatic heterocycles. The summed E-state index contributed by atoms with van der Waals surface area (Å²) in [5.74, 6) is 0.755. The number of rotatable bonds is 3. The summed E-state index contributed by atoms with van der Waals surface area (Å²) in [4.78, 5) is 0. The van der Waals surface area contributed by atoms with Crippen LogP contribution in [0.15, 0.2) is 34.9 Å². The zero-order valence-electron chi connectivity index (χ0n) is 11.8. The Morgan fingerprint density at radius 3 is 2.90 bits per heavy atom. The predicted octanol–water partition coefficient (Wildman–Crippen LogP) is 3.62. The van der Waals surface area contributed by atoms with E-state index in [2.05, 4.69) is 62.2 Å². The van der Waals surface area contributed by atoms with Gasteiger partial charge in [-0.2, -0.15) is 5.10 Å². The van der Waals surface area contributed by atoms with Gasteiger partial charge in [-0.05, 0) is 56.5 Å². The van der Waals surface area contributed by atoms with Crippen molar-refractivity contribution in [1.82, 2.24) is 15.1 Å². The number of benzene rings is 1. The van der Waals surface area contributed by atoms with Crippen LogP contribution >= 0.6 is 15.9 Å². The third-order valence-corrected chi connectivity index (χ3v) is 4.62. The number of aromatic nitrogens is 2. The maximum Gasteiger partial charge on any atom is 0.0571 e. The highest BCUT2D eigenvalue weighted by Gasteiger charge is 2.16. The summed E-state index contributed by atoms with van der Waals surface area (Å²) in [5.41, 5.74) is 3.73. The van der Waals surface area contributed by atoms with Gasteiger partial charge in [-0.3, -0.25) is 4.68 Å². The van der Waals surface area contributed by atoms with Gasteiger partial charge < -0.3 is 5.32 Å². The molecule has 20 heavy (non-hydrogen) atoms. The monoisotopic (exact) mass is 333 g/mol. The van der Waals surface area contributed by atoms with Crippen LogP contribution in [0.3, 0.4) is 0 Å². The first-order valence-corrected chi connectivity index (χ1v) is 8.02. The summed E-state index contributed by atoms with van der Waals surface area (Å²) in [6, 6.07) is 8.42. The summed E-state index contributed by atoms with van der Waals surface area (Å²) < 4.78 is 3.28. The molecular formula is C16H20BrN3. The third-order valence-electron chi connectivity index (χ3n) is 4.13. The van der Waals surface area contributed by atoms with Crippen LogP contribution in [-0.4, -0.2) is 22.9 Å². The number of piperidine rings is 1. The van der Waals surface area contributed by atoms with E-state index in [9.17, 15) is 0 Å². The van der Waals surface area contributed by atoms with Gasteiger partial charge in [0.2, 0.25) is 0 Å². The molecule has 0 saturated carbocycles. The average Bonchev–Trinajstić information content (AvgIpc) is 2.81. The van der Waals surface area contributed by atoms with Crippen LogP contribution in [0.5, 0.6) is 0 Å². The van der Waals surface area contributed by atoms with E-state index in [1.807, 2.05) is 6.20 Å². The fraction of sp³-hybridized carbons (Fsp3) is 0.438. The van der Waals surface area contributed by atoms with Crippen molar-refractivity contribution >= 4 is 15.9 Å². The molecule has 1 aromatic heterocycles. The fourth-order valence-electron chi connectivity index (χ4n) is 2.88. The Bertz CT molecular complexity index is 585. The van der Waals surface area contributed by atoms with Gasteiger partial charge in [0.1, 0.15) is 0 Å². The van der Waals surface area contributed by atoms with Crippen LogP contribution in [0.4, 0.5) is 0 Å². The SMILES string of the molecule is Cc1c(-c2cccc(Br)c2)cnn1CC1CCNCC1. The number of hydrogen-bond acceptors (Lipinski definition) is 2. The Labute approximate surface area is 128 Å². The van der Waals surface area contributed by atoms with Crippen LogP contribution in [0.2, 0.25) is 0 Å². The molecule has 3 nitrogen and oxygen atoms in total. The predicted molar refractivity (Wildman–Crippen MR) is 85.7 cm³/mol. The van der Waals surface area contributed by atoms with E-state index in [0.717, 1.165) is 30.0 Å². The molecule has 0 radical (unpaired) electrons. The van der Waals surface area contributed by atoms with Crippen LogP contribution in [-0.2, 0) is 6.54 Å². The van der Waals surface area contributed by atoms with Gasteiger partial charge in [0.15, 0.2) is 0 Å². The van der Waals surface area contributed by atoms with Crippen LogP contribution in [0.1, 0.15) is 18.5 Å². The van der Waals surface area contributed by atoms with Crippen molar-refractivity contribution in [2.45, 2.75) is 26.3 Å². The molecule has 4 heteroatoms. The molecule has 0 atom stereocenters. The van der Waals surface area contributed by atoms with E-state index in [1.165, 1.54) is 29.7 Å². The summed E-state index contributed by atoms with van der Waals surface area (Å²) in [5, 5.41) is 8.01. The lowest BCUT2D eigenvalue weighted by molar-refractivity contribution is 0.319. The second-order valence-electron chi connectivity index (χ2n) is 5.53. The highest BCUT2D eigenvalue weighted by Crippen LogP contribution is 2.26. The summed E-state index contributed by atoms with van der Waals surface area (Å²) in [6.07, 6.45) is 4.51. The Kier molecular flexibility index (Phi) is 4.22. The maximum absolute atomic E-state index is 4.60. The molecule has 1 fully saturated rings. The Hall–Kier alpha value is -1.13. The van der Waals surface area contributed by atoms with Crippen molar-refractivity contribution in [2.24, 2.45) is 5.92 Å². The van der Waals surface area contributed by atoms with Gasteiger partial charge in [-0.25, -0.2) is 0 Å². The number of halogens is 1. The molecule has 106 valence electrons. The van der Waals surface area contributed by atoms with Crippen molar-refractivity contribution < 1.29 is 0 Å². The Balaban J connectivity index is 1.81. The van der Waals surface area contributed by atoms with E-state index >= 15 is 0 Å². The Morgan fingerprint density at radius 2 is 2.15 bits per heavy atom. The highest BCUT2D eigenvalue weighted by molar-refractivity contribution is 9.10. The van der Waals surface area contributed by atoms with Crippen molar-refractivity contribution in [3.8, 4) is 11.1 Å². The molecule has 0 amide bonds. The van der Waals surface area contributed by atoms with E-state index in [0.29, 0.717) is 0 Å². The molecule has 0 bridgehead atoms. The molecule has 2 heterocycles. The molecule has 2 aromatic rings. The summed E-state index contributed by atoms with van der Waals surface area (Å²) in [6.45, 7) is 5.50. The van der Waals surface area contributed by atoms with Gasteiger partial charge in [0, 0.05) is 22.3 Å². The van der Waals surface area contributed by atoms with Gasteiger partial charge in [0.05, 0.1) is 6.20 Å². The van der Waals surface area contributed by atoms with Crippen molar-refractivity contribution in [1.29, 1.82) is 0 Å². The third kappa shape index (κ3) is 2.96. The van der Waals surface area contributed by atoms with Crippen LogP contribution in [0, 0.1) is 12.8 Å². The molecule has 1 aromatic carbocycles. The minimum Gasteiger partial charge on any atom is -0.317 e. The molecule has 0 aliphatic carbocycles. The maximum atomic E-state index is 4.60. The molecule has 3 rings (SSSR count). The van der Waals surface area contributed by atoms with E-state index in [4.69, 9.17) is 0 Å². The number of nitrogens with one attached hydrogen (secondary N) is 1. The second kappa shape index (κ2) is 6.10. The number of nitrogens with zero attached hydrogens (tertiary/aromatic N) is 2. The molecule has 1 aliphatic rings. The molecule has 0 spiro atoms. The van der Waals surface area contributed by atoms with E-state index in [-0.39, 0.29) is 0 Å². The smallest absolute Gasteiger partial charge is 0.0571 e. The minimum atomic E-state index is 0.755. The standard InChI is InChI=1S/C16H20BrN3/c1-12-16(14-3-2-4-15(17)9-14)10-19-20(12)11-13-5-7-18-8-6-13/h2-4,9-10,13,18H,5-8,11H2,1H3. The lowest BCUT2D eigenvalue weighted by Gasteiger charge is -2.23. The second-order valence-corrected chi connectivity index (χ2v) is 6.45. The quantitative estimate of drug-likeness (QED) is 0.929. The topological polar surface area (TPSA) is 29.9 Å². The highest BCUT2D eigenvalue weighted by atomic mass is 79.9. The van der Waals surface area contributed by atoms with Gasteiger partial charge in [0.25, 0.3) is 0 Å². The first-order valence-electron chi connectivity index (χ1n) is 7.23. The van der Waals surface area contributed by atoms with Gasteiger partial charge in [-0.1, -0.05) is 28.1 Å². The summed E-state index contributed by atoms with van der Waals surface area (Å²) >= 11 is 3.54. The largest absolute Gasteiger partial charge is 0.317 e. The lowest BCUT2D eigenvalue weighted by Crippen LogP contribution is -2.30. The van der Waals surface area contributed by atoms with Crippen molar-refractivity contribution in [3.63, 3.8) is 0 Å². The average molecular weight is 334 g/mol. The first-order chi connectivity index (χ1) is 9.74. The Morgan fingerprint density at radius 1 is 1.35 bits per heavy atom. The lowest BCUT2D eigenvalue weighted by atomic mass is 9.98. The van der Waals surface area contributed by atoms with Gasteiger partial charge in [-0.15, -0.1) is 0 Å². The van der Waals surface area contributed by atoms with Crippen LogP contribution < -0.4 is 5.32 Å². The van der Waals surface area contributed by atoms with Crippen molar-refractivity contribution in [3.05, 3.63) is 40.6 Å². The van der Waals surface area contributed by atoms with E-state index < -0.39 is 0 Å². The zero-order valence-corrected chi connectivity index (χ0v) is 13.4. The molecule has 0 unspecified atom stereocenters. The first kappa shape index (κ1) is 13.8. The minimum absolute atomic E-state index is 0.755. The molecule has 1 saturated heterocycles. The zero-order chi connectivity index (χ0) is 13.9. The van der Waals surface area contributed by atoms with Crippen LogP contribution in [0.25, 0.3) is 11.1 Å². The summed E-state index contributed by atoms with van der Waals surface area (Å²) in [7, 11) is 0.